The van der Waals surface area contributed by atoms with Gasteiger partial charge in [0.2, 0.25) is 10.0 Å². The van der Waals surface area contributed by atoms with Crippen molar-refractivity contribution in [2.45, 2.75) is 50.0 Å². The second kappa shape index (κ2) is 7.29. The first-order valence-corrected chi connectivity index (χ1v) is 10.8. The van der Waals surface area contributed by atoms with E-state index in [0.717, 1.165) is 31.4 Å². The Hall–Kier alpha value is -1.44. The number of likely N-dealkylation sites (N-methyl/N-ethyl adjacent to an activating group) is 1. The number of carboxylic acid groups (broad SMARTS) is 1. The van der Waals surface area contributed by atoms with Crippen LogP contribution in [0.2, 0.25) is 0 Å². The monoisotopic (exact) mass is 380 g/mol. The highest BCUT2D eigenvalue weighted by Crippen LogP contribution is 2.43. The number of benzene rings is 1. The van der Waals surface area contributed by atoms with Crippen LogP contribution in [0.4, 0.5) is 0 Å². The zero-order valence-corrected chi connectivity index (χ0v) is 16.3. The summed E-state index contributed by atoms with van der Waals surface area (Å²) in [4.78, 5) is 14.3. The summed E-state index contributed by atoms with van der Waals surface area (Å²) in [6.45, 7) is 3.39. The van der Waals surface area contributed by atoms with Crippen LogP contribution in [-0.4, -0.2) is 61.4 Å². The molecule has 2 atom stereocenters. The summed E-state index contributed by atoms with van der Waals surface area (Å²) in [5, 5.41) is 9.83. The molecule has 1 aromatic rings. The van der Waals surface area contributed by atoms with Crippen LogP contribution >= 0.6 is 0 Å². The zero-order chi connectivity index (χ0) is 18.9. The van der Waals surface area contributed by atoms with Crippen LogP contribution in [0.25, 0.3) is 0 Å². The maximum atomic E-state index is 13.1. The molecule has 7 heteroatoms. The minimum absolute atomic E-state index is 0.238. The fraction of sp³-hybridized carbons (Fsp3) is 0.632. The van der Waals surface area contributed by atoms with Gasteiger partial charge < -0.3 is 10.0 Å². The van der Waals surface area contributed by atoms with Crippen LogP contribution in [0, 0.1) is 5.41 Å². The Bertz CT molecular complexity index is 762. The third-order valence-corrected chi connectivity index (χ3v) is 7.89. The zero-order valence-electron chi connectivity index (χ0n) is 15.5. The number of hydrogen-bond donors (Lipinski definition) is 1. The predicted molar refractivity (Wildman–Crippen MR) is 99.5 cm³/mol. The van der Waals surface area contributed by atoms with Gasteiger partial charge in [0, 0.05) is 19.1 Å². The first-order chi connectivity index (χ1) is 12.3. The second-order valence-electron chi connectivity index (χ2n) is 7.57. The topological polar surface area (TPSA) is 77.9 Å². The van der Waals surface area contributed by atoms with Gasteiger partial charge in [-0.25, -0.2) is 8.42 Å². The van der Waals surface area contributed by atoms with E-state index in [2.05, 4.69) is 6.92 Å². The molecule has 2 fully saturated rings. The maximum Gasteiger partial charge on any atom is 0.311 e. The van der Waals surface area contributed by atoms with Crippen molar-refractivity contribution in [3.63, 3.8) is 0 Å². The van der Waals surface area contributed by atoms with Gasteiger partial charge in [-0.15, -0.1) is 0 Å². The van der Waals surface area contributed by atoms with Gasteiger partial charge in [0.25, 0.3) is 0 Å². The number of carboxylic acids is 1. The van der Waals surface area contributed by atoms with E-state index in [1.54, 1.807) is 12.1 Å². The summed E-state index contributed by atoms with van der Waals surface area (Å²) in [7, 11) is -1.71. The van der Waals surface area contributed by atoms with Gasteiger partial charge >= 0.3 is 5.97 Å². The second-order valence-corrected chi connectivity index (χ2v) is 9.51. The summed E-state index contributed by atoms with van der Waals surface area (Å²) in [5.74, 6) is -0.796. The molecule has 2 aliphatic heterocycles. The number of likely N-dealkylation sites (tertiary alicyclic amines) is 1. The molecule has 0 spiro atoms. The largest absolute Gasteiger partial charge is 0.481 e. The third kappa shape index (κ3) is 3.28. The minimum atomic E-state index is -3.61. The van der Waals surface area contributed by atoms with Crippen LogP contribution < -0.4 is 0 Å². The molecule has 2 aliphatic rings. The molecule has 0 radical (unpaired) electrons. The molecule has 1 aromatic carbocycles. The average molecular weight is 381 g/mol. The molecule has 0 saturated carbocycles. The van der Waals surface area contributed by atoms with Crippen molar-refractivity contribution >= 4 is 16.0 Å². The van der Waals surface area contributed by atoms with Gasteiger partial charge in [-0.05, 0) is 57.0 Å². The van der Waals surface area contributed by atoms with Gasteiger partial charge in [-0.3, -0.25) is 4.79 Å². The van der Waals surface area contributed by atoms with Crippen molar-refractivity contribution in [1.82, 2.24) is 9.21 Å². The van der Waals surface area contributed by atoms with Crippen LogP contribution in [-0.2, 0) is 21.2 Å². The molecule has 0 unspecified atom stereocenters. The third-order valence-electron chi connectivity index (χ3n) is 6.01. The highest BCUT2D eigenvalue weighted by molar-refractivity contribution is 7.89. The quantitative estimate of drug-likeness (QED) is 0.847. The van der Waals surface area contributed by atoms with E-state index < -0.39 is 21.4 Å². The van der Waals surface area contributed by atoms with E-state index in [4.69, 9.17) is 0 Å². The lowest BCUT2D eigenvalue weighted by Gasteiger charge is -2.51. The first kappa shape index (κ1) is 19.3. The summed E-state index contributed by atoms with van der Waals surface area (Å²) >= 11 is 0. The summed E-state index contributed by atoms with van der Waals surface area (Å²) in [5.41, 5.74) is 0.297. The number of hydrogen-bond acceptors (Lipinski definition) is 4. The maximum absolute atomic E-state index is 13.1. The molecule has 0 aromatic heterocycles. The van der Waals surface area contributed by atoms with Gasteiger partial charge in [-0.2, -0.15) is 4.31 Å². The van der Waals surface area contributed by atoms with Crippen LogP contribution in [0.15, 0.2) is 29.2 Å². The number of rotatable bonds is 5. The van der Waals surface area contributed by atoms with Crippen molar-refractivity contribution in [2.75, 3.05) is 26.7 Å². The van der Waals surface area contributed by atoms with E-state index >= 15 is 0 Å². The number of carbonyl (C=O) groups is 1. The Kier molecular flexibility index (Phi) is 5.42. The smallest absolute Gasteiger partial charge is 0.311 e. The molecule has 2 saturated heterocycles. The molecule has 144 valence electrons. The summed E-state index contributed by atoms with van der Waals surface area (Å²) < 4.78 is 27.6. The lowest BCUT2D eigenvalue weighted by molar-refractivity contribution is -0.160. The number of piperidine rings is 2. The number of aryl methyl sites for hydroxylation is 1. The fourth-order valence-corrected chi connectivity index (χ4v) is 5.89. The van der Waals surface area contributed by atoms with E-state index in [1.165, 1.54) is 4.31 Å². The van der Waals surface area contributed by atoms with Crippen molar-refractivity contribution in [3.8, 4) is 0 Å². The molecule has 2 heterocycles. The SMILES string of the molecule is CCCc1ccc(S(=O)(=O)N2CC[C@@]3(C(=O)O)CCCN(C)[C@@H]3C2)cc1. The van der Waals surface area contributed by atoms with Crippen molar-refractivity contribution in [3.05, 3.63) is 29.8 Å². The Labute approximate surface area is 155 Å². The van der Waals surface area contributed by atoms with E-state index in [-0.39, 0.29) is 19.1 Å². The van der Waals surface area contributed by atoms with Gasteiger partial charge in [-0.1, -0.05) is 25.5 Å². The van der Waals surface area contributed by atoms with E-state index in [9.17, 15) is 18.3 Å². The standard InChI is InChI=1S/C19H28N2O4S/c1-3-5-15-6-8-16(9-7-15)26(24,25)21-13-11-19(18(22)23)10-4-12-20(2)17(19)14-21/h6-9,17H,3-5,10-14H2,1-2H3,(H,22,23)/t17-,19+/m1/s1. The molecule has 6 nitrogen and oxygen atoms in total. The lowest BCUT2D eigenvalue weighted by Crippen LogP contribution is -2.63. The Balaban J connectivity index is 1.85. The molecule has 0 amide bonds. The number of sulfonamides is 1. The van der Waals surface area contributed by atoms with E-state index in [1.807, 2.05) is 24.1 Å². The lowest BCUT2D eigenvalue weighted by atomic mass is 9.69. The van der Waals surface area contributed by atoms with Crippen LogP contribution in [0.3, 0.4) is 0 Å². The first-order valence-electron chi connectivity index (χ1n) is 9.34. The van der Waals surface area contributed by atoms with Gasteiger partial charge in [0.15, 0.2) is 0 Å². The highest BCUT2D eigenvalue weighted by Gasteiger charge is 2.53. The Morgan fingerprint density at radius 3 is 2.54 bits per heavy atom. The van der Waals surface area contributed by atoms with Crippen LogP contribution in [0.5, 0.6) is 0 Å². The van der Waals surface area contributed by atoms with Crippen molar-refractivity contribution in [2.24, 2.45) is 5.41 Å². The van der Waals surface area contributed by atoms with Gasteiger partial charge in [0.05, 0.1) is 10.3 Å². The summed E-state index contributed by atoms with van der Waals surface area (Å²) in [6, 6.07) is 6.80. The van der Waals surface area contributed by atoms with Crippen LogP contribution in [0.1, 0.15) is 38.2 Å². The van der Waals surface area contributed by atoms with Crippen molar-refractivity contribution < 1.29 is 18.3 Å². The summed E-state index contributed by atoms with van der Waals surface area (Å²) in [6.07, 6.45) is 3.77. The predicted octanol–water partition coefficient (Wildman–Crippen LogP) is 2.20. The number of nitrogens with zero attached hydrogens (tertiary/aromatic N) is 2. The molecule has 0 bridgehead atoms. The molecule has 0 aliphatic carbocycles. The van der Waals surface area contributed by atoms with E-state index in [0.29, 0.717) is 17.7 Å². The average Bonchev–Trinajstić information content (AvgIpc) is 2.62. The molecular formula is C19H28N2O4S. The molecular weight excluding hydrogens is 352 g/mol. The van der Waals surface area contributed by atoms with Gasteiger partial charge in [0.1, 0.15) is 0 Å². The van der Waals surface area contributed by atoms with Crippen molar-refractivity contribution in [1.29, 1.82) is 0 Å². The molecule has 1 N–H and O–H groups in total. The number of fused-ring (bicyclic) bond motifs is 1. The molecule has 3 rings (SSSR count). The number of aliphatic carboxylic acids is 1. The minimum Gasteiger partial charge on any atom is -0.481 e. The fourth-order valence-electron chi connectivity index (χ4n) is 4.44. The Morgan fingerprint density at radius 2 is 1.92 bits per heavy atom. The normalized spacial score (nSPS) is 27.8. The Morgan fingerprint density at radius 1 is 1.23 bits per heavy atom. The highest BCUT2D eigenvalue weighted by atomic mass is 32.2. The molecule has 26 heavy (non-hydrogen) atoms.